The van der Waals surface area contributed by atoms with E-state index in [9.17, 15) is 4.79 Å². The van der Waals surface area contributed by atoms with Crippen LogP contribution in [0, 0.1) is 0 Å². The number of hydrogen-bond donors (Lipinski definition) is 2. The highest BCUT2D eigenvalue weighted by Crippen LogP contribution is 2.29. The van der Waals surface area contributed by atoms with Crippen molar-refractivity contribution in [2.24, 2.45) is 5.73 Å². The molecule has 0 bridgehead atoms. The van der Waals surface area contributed by atoms with Crippen LogP contribution >= 0.6 is 11.3 Å². The number of thiazole rings is 1. The molecule has 1 aliphatic rings. The Bertz CT molecular complexity index is 344. The van der Waals surface area contributed by atoms with Gasteiger partial charge in [-0.3, -0.25) is 4.79 Å². The zero-order chi connectivity index (χ0) is 11.4. The third kappa shape index (κ3) is 3.02. The monoisotopic (exact) mass is 239 g/mol. The first-order valence-electron chi connectivity index (χ1n) is 5.62. The van der Waals surface area contributed by atoms with Crippen LogP contribution in [-0.2, 0) is 11.3 Å². The molecule has 1 amide bonds. The minimum Gasteiger partial charge on any atom is -0.350 e. The van der Waals surface area contributed by atoms with Gasteiger partial charge in [0.2, 0.25) is 5.91 Å². The standard InChI is InChI=1S/C11H17N3OS/c12-11(3-1-2-4-11)7-9(15)14-8-10-13-5-6-16-10/h5-6H,1-4,7-8,12H2,(H,14,15). The topological polar surface area (TPSA) is 68.0 Å². The van der Waals surface area contributed by atoms with E-state index in [2.05, 4.69) is 10.3 Å². The lowest BCUT2D eigenvalue weighted by atomic mass is 9.94. The molecule has 2 rings (SSSR count). The molecule has 0 atom stereocenters. The van der Waals surface area contributed by atoms with Crippen molar-refractivity contribution < 1.29 is 4.79 Å². The average molecular weight is 239 g/mol. The largest absolute Gasteiger partial charge is 0.350 e. The number of hydrogen-bond acceptors (Lipinski definition) is 4. The first-order chi connectivity index (χ1) is 7.68. The maximum atomic E-state index is 11.7. The van der Waals surface area contributed by atoms with Gasteiger partial charge in [0, 0.05) is 23.5 Å². The van der Waals surface area contributed by atoms with Gasteiger partial charge in [-0.05, 0) is 12.8 Å². The Morgan fingerprint density at radius 2 is 2.31 bits per heavy atom. The summed E-state index contributed by atoms with van der Waals surface area (Å²) in [5.41, 5.74) is 5.88. The molecule has 1 fully saturated rings. The van der Waals surface area contributed by atoms with E-state index in [4.69, 9.17) is 5.73 Å². The van der Waals surface area contributed by atoms with Crippen LogP contribution in [0.2, 0.25) is 0 Å². The molecule has 3 N–H and O–H groups in total. The minimum absolute atomic E-state index is 0.0413. The number of carbonyl (C=O) groups excluding carboxylic acids is 1. The van der Waals surface area contributed by atoms with E-state index in [-0.39, 0.29) is 11.4 Å². The van der Waals surface area contributed by atoms with Crippen molar-refractivity contribution in [2.75, 3.05) is 0 Å². The maximum absolute atomic E-state index is 11.7. The van der Waals surface area contributed by atoms with Crippen LogP contribution in [-0.4, -0.2) is 16.4 Å². The normalized spacial score (nSPS) is 18.6. The number of nitrogens with two attached hydrogens (primary N) is 1. The van der Waals surface area contributed by atoms with E-state index in [1.807, 2.05) is 5.38 Å². The van der Waals surface area contributed by atoms with E-state index < -0.39 is 0 Å². The molecule has 0 radical (unpaired) electrons. The second kappa shape index (κ2) is 4.93. The van der Waals surface area contributed by atoms with E-state index in [0.717, 1.165) is 30.7 Å². The number of amides is 1. The molecule has 4 nitrogen and oxygen atoms in total. The summed E-state index contributed by atoms with van der Waals surface area (Å²) < 4.78 is 0. The molecule has 1 saturated carbocycles. The molecule has 0 unspecified atom stereocenters. The van der Waals surface area contributed by atoms with Crippen molar-refractivity contribution >= 4 is 17.2 Å². The van der Waals surface area contributed by atoms with Crippen LogP contribution in [0.3, 0.4) is 0 Å². The van der Waals surface area contributed by atoms with E-state index in [1.165, 1.54) is 0 Å². The van der Waals surface area contributed by atoms with Gasteiger partial charge in [-0.15, -0.1) is 11.3 Å². The van der Waals surface area contributed by atoms with Crippen LogP contribution < -0.4 is 11.1 Å². The Balaban J connectivity index is 1.76. The lowest BCUT2D eigenvalue weighted by Crippen LogP contribution is -2.41. The quantitative estimate of drug-likeness (QED) is 0.835. The highest BCUT2D eigenvalue weighted by molar-refractivity contribution is 7.09. The van der Waals surface area contributed by atoms with Gasteiger partial charge in [0.25, 0.3) is 0 Å². The summed E-state index contributed by atoms with van der Waals surface area (Å²) in [4.78, 5) is 15.8. The summed E-state index contributed by atoms with van der Waals surface area (Å²) in [7, 11) is 0. The van der Waals surface area contributed by atoms with Crippen LogP contribution in [0.1, 0.15) is 37.1 Å². The molecule has 1 aliphatic carbocycles. The summed E-state index contributed by atoms with van der Waals surface area (Å²) in [6, 6.07) is 0. The predicted molar refractivity (Wildman–Crippen MR) is 64.0 cm³/mol. The van der Waals surface area contributed by atoms with Gasteiger partial charge in [-0.1, -0.05) is 12.8 Å². The van der Waals surface area contributed by atoms with Crippen molar-refractivity contribution in [3.8, 4) is 0 Å². The highest BCUT2D eigenvalue weighted by atomic mass is 32.1. The summed E-state index contributed by atoms with van der Waals surface area (Å²) in [6.45, 7) is 0.520. The fourth-order valence-electron chi connectivity index (χ4n) is 2.15. The molecule has 0 spiro atoms. The summed E-state index contributed by atoms with van der Waals surface area (Å²) >= 11 is 1.55. The van der Waals surface area contributed by atoms with Crippen molar-refractivity contribution in [3.63, 3.8) is 0 Å². The van der Waals surface area contributed by atoms with Gasteiger partial charge in [0.1, 0.15) is 5.01 Å². The number of nitrogens with one attached hydrogen (secondary N) is 1. The second-order valence-corrected chi connectivity index (χ2v) is 5.43. The third-order valence-electron chi connectivity index (χ3n) is 3.03. The lowest BCUT2D eigenvalue weighted by molar-refractivity contribution is -0.122. The Morgan fingerprint density at radius 1 is 1.56 bits per heavy atom. The smallest absolute Gasteiger partial charge is 0.222 e. The van der Waals surface area contributed by atoms with Gasteiger partial charge in [0.15, 0.2) is 0 Å². The minimum atomic E-state index is -0.257. The van der Waals surface area contributed by atoms with Gasteiger partial charge in [0.05, 0.1) is 6.54 Å². The van der Waals surface area contributed by atoms with Crippen LogP contribution in [0.5, 0.6) is 0 Å². The van der Waals surface area contributed by atoms with Crippen molar-refractivity contribution in [3.05, 3.63) is 16.6 Å². The first kappa shape index (κ1) is 11.5. The fraction of sp³-hybridized carbons (Fsp3) is 0.636. The molecule has 0 saturated heterocycles. The summed E-state index contributed by atoms with van der Waals surface area (Å²) in [5, 5.41) is 5.71. The van der Waals surface area contributed by atoms with Crippen LogP contribution in [0.15, 0.2) is 11.6 Å². The van der Waals surface area contributed by atoms with Gasteiger partial charge < -0.3 is 11.1 Å². The zero-order valence-corrected chi connectivity index (χ0v) is 10.1. The van der Waals surface area contributed by atoms with E-state index in [0.29, 0.717) is 13.0 Å². The van der Waals surface area contributed by atoms with Gasteiger partial charge >= 0.3 is 0 Å². The predicted octanol–water partition coefficient (Wildman–Crippen LogP) is 1.42. The average Bonchev–Trinajstić information content (AvgIpc) is 2.86. The Hall–Kier alpha value is -0.940. The lowest BCUT2D eigenvalue weighted by Gasteiger charge is -2.22. The fourth-order valence-corrected chi connectivity index (χ4v) is 2.71. The maximum Gasteiger partial charge on any atom is 0.222 e. The number of rotatable bonds is 4. The zero-order valence-electron chi connectivity index (χ0n) is 9.24. The van der Waals surface area contributed by atoms with Crippen molar-refractivity contribution in [1.29, 1.82) is 0 Å². The molecular weight excluding hydrogens is 222 g/mol. The van der Waals surface area contributed by atoms with Gasteiger partial charge in [-0.2, -0.15) is 0 Å². The first-order valence-corrected chi connectivity index (χ1v) is 6.50. The summed E-state index contributed by atoms with van der Waals surface area (Å²) in [6.07, 6.45) is 6.42. The molecule has 0 aliphatic heterocycles. The third-order valence-corrected chi connectivity index (χ3v) is 3.81. The molecule has 1 heterocycles. The van der Waals surface area contributed by atoms with Crippen molar-refractivity contribution in [2.45, 2.75) is 44.2 Å². The molecular formula is C11H17N3OS. The number of carbonyl (C=O) groups is 1. The van der Waals surface area contributed by atoms with E-state index >= 15 is 0 Å². The molecule has 16 heavy (non-hydrogen) atoms. The SMILES string of the molecule is NC1(CC(=O)NCc2nccs2)CCCC1. The highest BCUT2D eigenvalue weighted by Gasteiger charge is 2.31. The van der Waals surface area contributed by atoms with Crippen LogP contribution in [0.4, 0.5) is 0 Å². The molecule has 1 aromatic heterocycles. The Kier molecular flexibility index (Phi) is 3.56. The second-order valence-electron chi connectivity index (χ2n) is 4.45. The summed E-state index contributed by atoms with van der Waals surface area (Å²) in [5.74, 6) is 0.0413. The molecule has 5 heteroatoms. The van der Waals surface area contributed by atoms with E-state index in [1.54, 1.807) is 17.5 Å². The number of nitrogens with zero attached hydrogens (tertiary/aromatic N) is 1. The van der Waals surface area contributed by atoms with Crippen LogP contribution in [0.25, 0.3) is 0 Å². The number of aromatic nitrogens is 1. The Morgan fingerprint density at radius 3 is 2.94 bits per heavy atom. The molecule has 1 aromatic rings. The van der Waals surface area contributed by atoms with Gasteiger partial charge in [-0.25, -0.2) is 4.98 Å². The Labute approximate surface area is 99.3 Å². The molecule has 88 valence electrons. The van der Waals surface area contributed by atoms with Crippen molar-refractivity contribution in [1.82, 2.24) is 10.3 Å². The molecule has 0 aromatic carbocycles.